The first-order valence-electron chi connectivity index (χ1n) is 6.97. The Morgan fingerprint density at radius 1 is 1.53 bits per heavy atom. The van der Waals surface area contributed by atoms with Crippen LogP contribution in [0.1, 0.15) is 19.8 Å². The highest BCUT2D eigenvalue weighted by Crippen LogP contribution is 2.41. The van der Waals surface area contributed by atoms with Crippen molar-refractivity contribution in [3.05, 3.63) is 0 Å². The molecule has 1 spiro atoms. The number of likely N-dealkylation sites (tertiary alicyclic amines) is 1. The maximum Gasteiger partial charge on any atom is 0.0989 e. The van der Waals surface area contributed by atoms with Gasteiger partial charge in [-0.15, -0.1) is 0 Å². The average molecular weight is 270 g/mol. The molecule has 2 rings (SSSR count). The molecule has 0 aliphatic carbocycles. The first-order valence-corrected chi connectivity index (χ1v) is 6.97. The Morgan fingerprint density at radius 3 is 2.58 bits per heavy atom. The van der Waals surface area contributed by atoms with Crippen LogP contribution in [0.15, 0.2) is 4.99 Å². The quantitative estimate of drug-likeness (QED) is 0.581. The van der Waals surface area contributed by atoms with E-state index in [1.807, 2.05) is 6.92 Å². The van der Waals surface area contributed by atoms with Crippen molar-refractivity contribution in [3.8, 4) is 0 Å². The van der Waals surface area contributed by atoms with Crippen LogP contribution in [0.5, 0.6) is 0 Å². The fourth-order valence-corrected chi connectivity index (χ4v) is 3.23. The summed E-state index contributed by atoms with van der Waals surface area (Å²) in [6.45, 7) is 4.48. The van der Waals surface area contributed by atoms with Gasteiger partial charge in [-0.05, 0) is 19.8 Å². The Hall–Kier alpha value is -0.530. The van der Waals surface area contributed by atoms with Crippen molar-refractivity contribution in [1.82, 2.24) is 4.90 Å². The molecule has 0 amide bonds. The predicted molar refractivity (Wildman–Crippen MR) is 75.0 cm³/mol. The van der Waals surface area contributed by atoms with Crippen LogP contribution in [0, 0.1) is 5.41 Å². The second-order valence-electron chi connectivity index (χ2n) is 5.76. The summed E-state index contributed by atoms with van der Waals surface area (Å²) < 4.78 is 5.71. The molecule has 0 bridgehead atoms. The van der Waals surface area contributed by atoms with E-state index in [9.17, 15) is 5.11 Å². The number of aliphatic hydroxyl groups excluding tert-OH is 1. The van der Waals surface area contributed by atoms with Crippen molar-refractivity contribution in [1.29, 1.82) is 0 Å². The van der Waals surface area contributed by atoms with Crippen LogP contribution in [0.4, 0.5) is 0 Å². The second kappa shape index (κ2) is 5.85. The first-order chi connectivity index (χ1) is 9.04. The number of hydrogen-bond acceptors (Lipinski definition) is 6. The molecule has 2 aliphatic heterocycles. The van der Waals surface area contributed by atoms with Gasteiger partial charge in [0.1, 0.15) is 0 Å². The summed E-state index contributed by atoms with van der Waals surface area (Å²) in [5.74, 6) is 0. The number of ether oxygens (including phenoxy) is 1. The number of nitrogens with zero attached hydrogens (tertiary/aromatic N) is 2. The van der Waals surface area contributed by atoms with Crippen LogP contribution in [-0.2, 0) is 4.74 Å². The highest BCUT2D eigenvalue weighted by atomic mass is 16.5. The zero-order valence-corrected chi connectivity index (χ0v) is 11.9. The van der Waals surface area contributed by atoms with Gasteiger partial charge in [0.2, 0.25) is 0 Å². The number of aliphatic imine (C=N–C) groups is 1. The first kappa shape index (κ1) is 14.9. The molecule has 6 heteroatoms. The summed E-state index contributed by atoms with van der Waals surface area (Å²) >= 11 is 0. The Morgan fingerprint density at radius 2 is 2.16 bits per heavy atom. The lowest BCUT2D eigenvalue weighted by atomic mass is 9.73. The zero-order chi connectivity index (χ0) is 14.0. The van der Waals surface area contributed by atoms with Crippen LogP contribution in [0.2, 0.25) is 0 Å². The topological polar surface area (TPSA) is 97.1 Å². The van der Waals surface area contributed by atoms with Crippen LogP contribution < -0.4 is 11.5 Å². The molecule has 3 atom stereocenters. The molecule has 19 heavy (non-hydrogen) atoms. The Labute approximate surface area is 114 Å². The molecular weight excluding hydrogens is 244 g/mol. The number of piperidine rings is 1. The third-order valence-corrected chi connectivity index (χ3v) is 4.82. The summed E-state index contributed by atoms with van der Waals surface area (Å²) in [6.07, 6.45) is 1.84. The van der Waals surface area contributed by atoms with E-state index in [1.165, 1.54) is 0 Å². The van der Waals surface area contributed by atoms with Crippen LogP contribution in [-0.4, -0.2) is 67.4 Å². The molecule has 110 valence electrons. The second-order valence-corrected chi connectivity index (χ2v) is 5.76. The van der Waals surface area contributed by atoms with E-state index in [4.69, 9.17) is 16.2 Å². The van der Waals surface area contributed by atoms with Crippen molar-refractivity contribution >= 4 is 5.71 Å². The van der Waals surface area contributed by atoms with Gasteiger partial charge in [0.05, 0.1) is 31.2 Å². The maximum absolute atomic E-state index is 9.23. The number of aliphatic hydroxyl groups is 1. The molecule has 0 saturated carbocycles. The van der Waals surface area contributed by atoms with E-state index < -0.39 is 0 Å². The molecule has 0 radical (unpaired) electrons. The maximum atomic E-state index is 9.23. The van der Waals surface area contributed by atoms with Gasteiger partial charge in [-0.1, -0.05) is 0 Å². The molecule has 6 nitrogen and oxygen atoms in total. The molecule has 2 heterocycles. The van der Waals surface area contributed by atoms with Gasteiger partial charge in [0.25, 0.3) is 0 Å². The summed E-state index contributed by atoms with van der Waals surface area (Å²) in [5, 5.41) is 9.23. The lowest BCUT2D eigenvalue weighted by Crippen LogP contribution is -2.56. The van der Waals surface area contributed by atoms with Crippen molar-refractivity contribution in [3.63, 3.8) is 0 Å². The molecule has 0 aromatic heterocycles. The number of hydrogen-bond donors (Lipinski definition) is 3. The van der Waals surface area contributed by atoms with E-state index in [0.717, 1.165) is 32.5 Å². The van der Waals surface area contributed by atoms with Crippen molar-refractivity contribution in [2.24, 2.45) is 21.9 Å². The highest BCUT2D eigenvalue weighted by Gasteiger charge is 2.48. The summed E-state index contributed by atoms with van der Waals surface area (Å²) in [4.78, 5) is 6.21. The zero-order valence-electron chi connectivity index (χ0n) is 11.9. The summed E-state index contributed by atoms with van der Waals surface area (Å²) in [6, 6.07) is 0.114. The molecule has 5 N–H and O–H groups in total. The summed E-state index contributed by atoms with van der Waals surface area (Å²) in [7, 11) is 1.67. The monoisotopic (exact) mass is 270 g/mol. The van der Waals surface area contributed by atoms with Gasteiger partial charge in [-0.3, -0.25) is 9.89 Å². The fourth-order valence-electron chi connectivity index (χ4n) is 3.23. The van der Waals surface area contributed by atoms with Gasteiger partial charge in [0, 0.05) is 31.6 Å². The molecule has 0 aromatic carbocycles. The minimum Gasteiger partial charge on any atom is -0.390 e. The Bertz CT molecular complexity index is 340. The number of rotatable bonds is 3. The summed E-state index contributed by atoms with van der Waals surface area (Å²) in [5.41, 5.74) is 13.2. The molecule has 2 fully saturated rings. The largest absolute Gasteiger partial charge is 0.390 e. The average Bonchev–Trinajstić information content (AvgIpc) is 2.70. The fraction of sp³-hybridized carbons (Fsp3) is 0.923. The van der Waals surface area contributed by atoms with Gasteiger partial charge in [-0.2, -0.15) is 0 Å². The van der Waals surface area contributed by atoms with Crippen molar-refractivity contribution in [2.75, 3.05) is 33.4 Å². The van der Waals surface area contributed by atoms with Crippen molar-refractivity contribution in [2.45, 2.75) is 38.1 Å². The van der Waals surface area contributed by atoms with E-state index in [0.29, 0.717) is 5.71 Å². The highest BCUT2D eigenvalue weighted by molar-refractivity contribution is 5.89. The molecular formula is C13H26N4O2. The molecule has 2 saturated heterocycles. The minimum absolute atomic E-state index is 0.0844. The lowest BCUT2D eigenvalue weighted by Gasteiger charge is -2.43. The third kappa shape index (κ3) is 2.68. The standard InChI is InChI=1S/C13H26N4O2/c1-9-11(14)13(8-19-9)3-5-17(6-4-13)12(15)10(7-18)16-2/h9,11-12,18H,3-8,14-15H2,1-2H3/t9-,11+,12?/m1/s1. The van der Waals surface area contributed by atoms with Gasteiger partial charge < -0.3 is 21.3 Å². The van der Waals surface area contributed by atoms with Gasteiger partial charge >= 0.3 is 0 Å². The molecule has 0 aromatic rings. The Balaban J connectivity index is 1.96. The van der Waals surface area contributed by atoms with E-state index in [1.54, 1.807) is 7.05 Å². The number of nitrogens with two attached hydrogens (primary N) is 2. The van der Waals surface area contributed by atoms with E-state index in [2.05, 4.69) is 9.89 Å². The van der Waals surface area contributed by atoms with Crippen LogP contribution in [0.3, 0.4) is 0 Å². The van der Waals surface area contributed by atoms with E-state index >= 15 is 0 Å². The van der Waals surface area contributed by atoms with Gasteiger partial charge in [0.15, 0.2) is 0 Å². The normalized spacial score (nSPS) is 33.8. The van der Waals surface area contributed by atoms with E-state index in [-0.39, 0.29) is 30.3 Å². The smallest absolute Gasteiger partial charge is 0.0989 e. The molecule has 1 unspecified atom stereocenters. The molecule has 2 aliphatic rings. The van der Waals surface area contributed by atoms with Crippen LogP contribution >= 0.6 is 0 Å². The Kier molecular flexibility index (Phi) is 4.58. The predicted octanol–water partition coefficient (Wildman–Crippen LogP) is -0.837. The van der Waals surface area contributed by atoms with Crippen molar-refractivity contribution < 1.29 is 9.84 Å². The third-order valence-electron chi connectivity index (χ3n) is 4.82. The van der Waals surface area contributed by atoms with Gasteiger partial charge in [-0.25, -0.2) is 0 Å². The van der Waals surface area contributed by atoms with Crippen LogP contribution in [0.25, 0.3) is 0 Å². The SMILES string of the molecule is CN=C(CO)C(N)N1CCC2(CC1)CO[C@H](C)[C@@H]2N. The lowest BCUT2D eigenvalue weighted by molar-refractivity contribution is 0.0610. The minimum atomic E-state index is -0.289.